The van der Waals surface area contributed by atoms with Gasteiger partial charge in [-0.2, -0.15) is 0 Å². The highest BCUT2D eigenvalue weighted by Crippen LogP contribution is 2.36. The molecule has 0 saturated carbocycles. The average Bonchev–Trinajstić information content (AvgIpc) is 3.05. The van der Waals surface area contributed by atoms with E-state index < -0.39 is 12.0 Å². The van der Waals surface area contributed by atoms with E-state index in [0.29, 0.717) is 11.3 Å². The van der Waals surface area contributed by atoms with E-state index in [9.17, 15) is 9.59 Å². The van der Waals surface area contributed by atoms with Crippen LogP contribution in [0, 0.1) is 0 Å². The first-order valence-corrected chi connectivity index (χ1v) is 8.52. The number of hydrogen-bond donors (Lipinski definition) is 2. The standard InChI is InChI=1S/C18H18N2O3S/c1-3-23-17(21)15-11(2)19-18(22)20-16(15)14-10-9-13(24-14)12-7-5-4-6-8-12/h4-10,16H,3H2,1-2H3,(H2,19,20,22)/t16-/m0/s1. The Morgan fingerprint density at radius 2 is 1.96 bits per heavy atom. The van der Waals surface area contributed by atoms with E-state index in [2.05, 4.69) is 10.6 Å². The van der Waals surface area contributed by atoms with Gasteiger partial charge >= 0.3 is 12.0 Å². The van der Waals surface area contributed by atoms with Crippen LogP contribution in [0.15, 0.2) is 53.7 Å². The van der Waals surface area contributed by atoms with E-state index in [4.69, 9.17) is 4.74 Å². The first-order valence-electron chi connectivity index (χ1n) is 7.70. The predicted molar refractivity (Wildman–Crippen MR) is 93.5 cm³/mol. The van der Waals surface area contributed by atoms with Gasteiger partial charge < -0.3 is 15.4 Å². The molecule has 0 unspecified atom stereocenters. The van der Waals surface area contributed by atoms with Crippen molar-refractivity contribution >= 4 is 23.3 Å². The van der Waals surface area contributed by atoms with Gasteiger partial charge in [-0.3, -0.25) is 0 Å². The number of ether oxygens (including phenoxy) is 1. The molecule has 2 heterocycles. The van der Waals surface area contributed by atoms with Crippen molar-refractivity contribution in [2.75, 3.05) is 6.61 Å². The van der Waals surface area contributed by atoms with E-state index in [1.54, 1.807) is 25.2 Å². The minimum atomic E-state index is -0.500. The number of carbonyl (C=O) groups is 2. The van der Waals surface area contributed by atoms with Crippen LogP contribution in [0.1, 0.15) is 24.8 Å². The lowest BCUT2D eigenvalue weighted by atomic mass is 10.0. The SMILES string of the molecule is CCOC(=O)C1=C(C)NC(=O)N[C@H]1c1ccc(-c2ccccc2)s1. The van der Waals surface area contributed by atoms with Gasteiger partial charge in [-0.1, -0.05) is 30.3 Å². The maximum Gasteiger partial charge on any atom is 0.338 e. The second kappa shape index (κ2) is 6.88. The molecule has 0 radical (unpaired) electrons. The molecule has 2 N–H and O–H groups in total. The predicted octanol–water partition coefficient (Wildman–Crippen LogP) is 3.61. The van der Waals surface area contributed by atoms with E-state index in [1.165, 1.54) is 0 Å². The number of thiophene rings is 1. The molecule has 1 atom stereocenters. The van der Waals surface area contributed by atoms with Crippen molar-refractivity contribution in [3.63, 3.8) is 0 Å². The van der Waals surface area contributed by atoms with Gasteiger partial charge in [0.1, 0.15) is 0 Å². The van der Waals surface area contributed by atoms with Crippen LogP contribution in [0.5, 0.6) is 0 Å². The molecule has 2 amide bonds. The maximum absolute atomic E-state index is 12.3. The Morgan fingerprint density at radius 1 is 1.21 bits per heavy atom. The molecule has 6 heteroatoms. The summed E-state index contributed by atoms with van der Waals surface area (Å²) in [6, 6.07) is 13.1. The summed E-state index contributed by atoms with van der Waals surface area (Å²) < 4.78 is 5.15. The molecule has 0 fully saturated rings. The Morgan fingerprint density at radius 3 is 2.67 bits per heavy atom. The van der Waals surface area contributed by atoms with Crippen molar-refractivity contribution in [2.45, 2.75) is 19.9 Å². The van der Waals surface area contributed by atoms with Crippen molar-refractivity contribution in [3.8, 4) is 10.4 Å². The fourth-order valence-electron chi connectivity index (χ4n) is 2.65. The first kappa shape index (κ1) is 16.3. The molecule has 24 heavy (non-hydrogen) atoms. The molecule has 1 aromatic heterocycles. The van der Waals surface area contributed by atoms with Crippen LogP contribution in [-0.2, 0) is 9.53 Å². The zero-order valence-corrected chi connectivity index (χ0v) is 14.3. The Balaban J connectivity index is 1.97. The summed E-state index contributed by atoms with van der Waals surface area (Å²) in [5, 5.41) is 5.46. The molecule has 0 aliphatic carbocycles. The van der Waals surface area contributed by atoms with Crippen molar-refractivity contribution in [1.82, 2.24) is 10.6 Å². The van der Waals surface area contributed by atoms with Gasteiger partial charge in [0.2, 0.25) is 0 Å². The number of benzene rings is 1. The van der Waals surface area contributed by atoms with Crippen LogP contribution in [0.4, 0.5) is 4.79 Å². The minimum absolute atomic E-state index is 0.288. The first-order chi connectivity index (χ1) is 11.6. The zero-order chi connectivity index (χ0) is 17.1. The third-order valence-electron chi connectivity index (χ3n) is 3.73. The van der Waals surface area contributed by atoms with Gasteiger partial charge in [-0.25, -0.2) is 9.59 Å². The highest BCUT2D eigenvalue weighted by molar-refractivity contribution is 7.15. The molecule has 1 aliphatic heterocycles. The summed E-state index contributed by atoms with van der Waals surface area (Å²) in [4.78, 5) is 26.1. The lowest BCUT2D eigenvalue weighted by Gasteiger charge is -2.27. The van der Waals surface area contributed by atoms with Crippen LogP contribution in [0.25, 0.3) is 10.4 Å². The monoisotopic (exact) mass is 342 g/mol. The molecule has 3 rings (SSSR count). The molecule has 1 aromatic carbocycles. The van der Waals surface area contributed by atoms with Crippen LogP contribution in [0.3, 0.4) is 0 Å². The molecule has 0 spiro atoms. The van der Waals surface area contributed by atoms with Gasteiger partial charge in [0.25, 0.3) is 0 Å². The molecular formula is C18H18N2O3S. The van der Waals surface area contributed by atoms with Gasteiger partial charge in [0, 0.05) is 15.5 Å². The summed E-state index contributed by atoms with van der Waals surface area (Å²) in [7, 11) is 0. The van der Waals surface area contributed by atoms with Crippen LogP contribution in [0.2, 0.25) is 0 Å². The summed E-state index contributed by atoms with van der Waals surface area (Å²) in [5.41, 5.74) is 2.07. The fraction of sp³-hybridized carbons (Fsp3) is 0.222. The Bertz CT molecular complexity index is 796. The molecular weight excluding hydrogens is 324 g/mol. The normalized spacial score (nSPS) is 17.2. The summed E-state index contributed by atoms with van der Waals surface area (Å²) in [5.74, 6) is -0.415. The summed E-state index contributed by atoms with van der Waals surface area (Å²) >= 11 is 1.55. The number of hydrogen-bond acceptors (Lipinski definition) is 4. The van der Waals surface area contributed by atoms with Crippen LogP contribution in [-0.4, -0.2) is 18.6 Å². The Hall–Kier alpha value is -2.60. The lowest BCUT2D eigenvalue weighted by Crippen LogP contribution is -2.45. The molecule has 124 valence electrons. The van der Waals surface area contributed by atoms with E-state index in [1.807, 2.05) is 42.5 Å². The van der Waals surface area contributed by atoms with Crippen molar-refractivity contribution in [1.29, 1.82) is 0 Å². The molecule has 5 nitrogen and oxygen atoms in total. The topological polar surface area (TPSA) is 67.4 Å². The second-order valence-corrected chi connectivity index (χ2v) is 6.47. The largest absolute Gasteiger partial charge is 0.463 e. The van der Waals surface area contributed by atoms with Gasteiger partial charge in [0.05, 0.1) is 18.2 Å². The highest BCUT2D eigenvalue weighted by Gasteiger charge is 2.33. The minimum Gasteiger partial charge on any atom is -0.463 e. The molecule has 2 aromatic rings. The zero-order valence-electron chi connectivity index (χ0n) is 13.5. The van der Waals surface area contributed by atoms with Gasteiger partial charge in [-0.15, -0.1) is 11.3 Å². The number of carbonyl (C=O) groups excluding carboxylic acids is 2. The van der Waals surface area contributed by atoms with E-state index in [-0.39, 0.29) is 12.6 Å². The van der Waals surface area contributed by atoms with Crippen molar-refractivity contribution in [2.24, 2.45) is 0 Å². The van der Waals surface area contributed by atoms with Crippen LogP contribution >= 0.6 is 11.3 Å². The molecule has 0 saturated heterocycles. The van der Waals surface area contributed by atoms with E-state index in [0.717, 1.165) is 15.3 Å². The second-order valence-electron chi connectivity index (χ2n) is 5.36. The van der Waals surface area contributed by atoms with Crippen molar-refractivity contribution in [3.05, 3.63) is 58.6 Å². The third kappa shape index (κ3) is 3.19. The lowest BCUT2D eigenvalue weighted by molar-refractivity contribution is -0.139. The number of amides is 2. The Labute approximate surface area is 144 Å². The van der Waals surface area contributed by atoms with E-state index >= 15 is 0 Å². The van der Waals surface area contributed by atoms with Crippen molar-refractivity contribution < 1.29 is 14.3 Å². The number of nitrogens with one attached hydrogen (secondary N) is 2. The summed E-state index contributed by atoms with van der Waals surface area (Å²) in [6.45, 7) is 3.76. The molecule has 0 bridgehead atoms. The fourth-order valence-corrected chi connectivity index (χ4v) is 3.73. The third-order valence-corrected chi connectivity index (χ3v) is 4.93. The quantitative estimate of drug-likeness (QED) is 0.834. The highest BCUT2D eigenvalue weighted by atomic mass is 32.1. The summed E-state index contributed by atoms with van der Waals surface area (Å²) in [6.07, 6.45) is 0. The molecule has 1 aliphatic rings. The number of allylic oxidation sites excluding steroid dienone is 1. The van der Waals surface area contributed by atoms with Crippen LogP contribution < -0.4 is 10.6 Å². The number of rotatable bonds is 4. The van der Waals surface area contributed by atoms with Gasteiger partial charge in [0.15, 0.2) is 0 Å². The van der Waals surface area contributed by atoms with Gasteiger partial charge in [-0.05, 0) is 31.5 Å². The maximum atomic E-state index is 12.3. The Kier molecular flexibility index (Phi) is 4.66. The number of esters is 1. The average molecular weight is 342 g/mol. The smallest absolute Gasteiger partial charge is 0.338 e. The number of urea groups is 1.